The molecule has 0 radical (unpaired) electrons. The zero-order valence-electron chi connectivity index (χ0n) is 74.2. The minimum Gasteiger partial charge on any atom is -0.488 e. The topological polar surface area (TPSA) is 84.8 Å². The first-order valence-electron chi connectivity index (χ1n) is 39.3. The van der Waals surface area contributed by atoms with Crippen LogP contribution in [0.4, 0.5) is 56.9 Å². The van der Waals surface area contributed by atoms with Crippen molar-refractivity contribution in [3.8, 4) is 23.0 Å². The van der Waals surface area contributed by atoms with Crippen molar-refractivity contribution in [1.82, 2.24) is 0 Å². The van der Waals surface area contributed by atoms with E-state index in [9.17, 15) is 0 Å². The van der Waals surface area contributed by atoms with Gasteiger partial charge < -0.3 is 97.7 Å². The van der Waals surface area contributed by atoms with E-state index in [-0.39, 0.29) is 29.7 Å². The fraction of sp³-hybridized carbons (Fsp3) is 0.381. The van der Waals surface area contributed by atoms with Crippen LogP contribution in [-0.2, 0) is 91.1 Å². The van der Waals surface area contributed by atoms with Crippen LogP contribution in [0.2, 0.25) is 0 Å². The molecular weight excluding hydrogens is 1430 g/mol. The van der Waals surface area contributed by atoms with Gasteiger partial charge in [0.05, 0.1) is 25.7 Å². The first-order valence-corrected chi connectivity index (χ1v) is 39.3. The van der Waals surface area contributed by atoms with E-state index >= 15 is 0 Å². The number of hydrogen-bond acceptors (Lipinski definition) is 14. The Kier molecular flexibility index (Phi) is 33.3. The molecule has 0 unspecified atom stereocenters. The highest BCUT2D eigenvalue weighted by molar-refractivity contribution is 5.59. The van der Waals surface area contributed by atoms with Crippen LogP contribution in [0.1, 0.15) is 80.5 Å². The lowest BCUT2D eigenvalue weighted by Gasteiger charge is -2.22. The van der Waals surface area contributed by atoms with Crippen molar-refractivity contribution in [3.05, 3.63) is 280 Å². The maximum atomic E-state index is 6.06. The van der Waals surface area contributed by atoms with Gasteiger partial charge in [-0.25, -0.2) is 13.7 Å². The second kappa shape index (κ2) is 41.9. The molecule has 0 fully saturated rings. The summed E-state index contributed by atoms with van der Waals surface area (Å²) in [6.45, 7) is 6.25. The van der Waals surface area contributed by atoms with Crippen molar-refractivity contribution in [1.29, 1.82) is 0 Å². The van der Waals surface area contributed by atoms with E-state index in [2.05, 4.69) is 334 Å². The third kappa shape index (κ3) is 23.9. The SMILES string of the molecule is CN(C)c1cc[n+]2c(c1)CC[n+]1cc(N(C)C)ccc1CC2.CN(C)c1cc[n+]2c(c1)CC[n+]1ccc(N(C)C)cc1CC2.CN(C)c1ccc2c(c1)COc1cc(N(C)C)ccc1CO2.CN(C)c1ccc2c(c1)OCc1ccc(N(C)C)cc1OC2.CN(C)c1cccc([C@H]2CCc3ccc(N(C)C)cc3CC2)c1.[CH3-].[CH3-].[CH3-].[CH3-]. The van der Waals surface area contributed by atoms with E-state index in [1.807, 2.05) is 62.4 Å². The van der Waals surface area contributed by atoms with Crippen LogP contribution < -0.4 is 86.2 Å². The predicted molar refractivity (Wildman–Crippen MR) is 486 cm³/mol. The van der Waals surface area contributed by atoms with Crippen molar-refractivity contribution in [3.63, 3.8) is 0 Å². The Labute approximate surface area is 693 Å². The number of pyridine rings is 4. The van der Waals surface area contributed by atoms with Crippen molar-refractivity contribution >= 4 is 56.9 Å². The van der Waals surface area contributed by atoms with Crippen molar-refractivity contribution in [2.45, 2.75) is 110 Å². The second-order valence-electron chi connectivity index (χ2n) is 31.9. The Morgan fingerprint density at radius 1 is 0.243 bits per heavy atom. The van der Waals surface area contributed by atoms with E-state index in [0.29, 0.717) is 32.3 Å². The quantitative estimate of drug-likeness (QED) is 0.0700. The third-order valence-corrected chi connectivity index (χ3v) is 21.8. The average Bonchev–Trinajstić information content (AvgIpc) is 1.17. The smallest absolute Gasteiger partial charge is 0.192 e. The summed E-state index contributed by atoms with van der Waals surface area (Å²) in [4.78, 5) is 21.4. The summed E-state index contributed by atoms with van der Waals surface area (Å²) in [6.07, 6.45) is 18.1. The molecule has 0 saturated carbocycles. The van der Waals surface area contributed by atoms with Crippen molar-refractivity contribution < 1.29 is 37.2 Å². The average molecular weight is 1560 g/mol. The molecule has 15 rings (SSSR count). The third-order valence-electron chi connectivity index (χ3n) is 21.8. The Morgan fingerprint density at radius 2 is 0.548 bits per heavy atom. The molecule has 18 heteroatoms. The van der Waals surface area contributed by atoms with Crippen molar-refractivity contribution in [2.24, 2.45) is 0 Å². The summed E-state index contributed by atoms with van der Waals surface area (Å²) in [6, 6.07) is 59.0. The van der Waals surface area contributed by atoms with Crippen molar-refractivity contribution in [2.75, 3.05) is 190 Å². The van der Waals surface area contributed by atoms with Gasteiger partial charge in [-0.1, -0.05) is 18.2 Å². The molecule has 4 aliphatic heterocycles. The number of ether oxygens (including phenoxy) is 4. The van der Waals surface area contributed by atoms with Gasteiger partial charge in [-0.2, -0.15) is 4.57 Å². The minimum absolute atomic E-state index is 0. The number of aryl methyl sites for hydroxylation is 10. The molecule has 10 aromatic rings. The molecule has 0 N–H and O–H groups in total. The van der Waals surface area contributed by atoms with E-state index in [0.717, 1.165) is 120 Å². The van der Waals surface area contributed by atoms with Crippen LogP contribution in [-0.4, -0.2) is 141 Å². The summed E-state index contributed by atoms with van der Waals surface area (Å²) in [7, 11) is 41.5. The maximum absolute atomic E-state index is 6.06. The minimum atomic E-state index is 0. The molecule has 1 aliphatic carbocycles. The molecule has 0 spiro atoms. The lowest BCUT2D eigenvalue weighted by Crippen LogP contribution is -2.48. The lowest BCUT2D eigenvalue weighted by molar-refractivity contribution is -0.740. The Bertz CT molecular complexity index is 4300. The highest BCUT2D eigenvalue weighted by Crippen LogP contribution is 2.38. The highest BCUT2D eigenvalue weighted by atomic mass is 16.5. The summed E-state index contributed by atoms with van der Waals surface area (Å²) in [5.41, 5.74) is 26.8. The van der Waals surface area contributed by atoms with E-state index in [1.54, 1.807) is 11.1 Å². The number of rotatable bonds is 11. The molecule has 8 heterocycles. The van der Waals surface area contributed by atoms with Gasteiger partial charge in [0.15, 0.2) is 73.7 Å². The van der Waals surface area contributed by atoms with Crippen LogP contribution >= 0.6 is 0 Å². The van der Waals surface area contributed by atoms with Crippen LogP contribution in [0.25, 0.3) is 0 Å². The van der Waals surface area contributed by atoms with E-state index < -0.39 is 0 Å². The van der Waals surface area contributed by atoms with Gasteiger partial charge in [0.25, 0.3) is 0 Å². The summed E-state index contributed by atoms with van der Waals surface area (Å²) >= 11 is 0. The van der Waals surface area contributed by atoms with Gasteiger partial charge in [0.1, 0.15) is 55.1 Å². The molecule has 0 saturated heterocycles. The summed E-state index contributed by atoms with van der Waals surface area (Å²) in [5.74, 6) is 4.26. The molecule has 115 heavy (non-hydrogen) atoms. The number of hydrogen-bond donors (Lipinski definition) is 0. The van der Waals surface area contributed by atoms with Gasteiger partial charge in [0.2, 0.25) is 0 Å². The van der Waals surface area contributed by atoms with Crippen LogP contribution in [0.3, 0.4) is 0 Å². The molecule has 618 valence electrons. The fourth-order valence-corrected chi connectivity index (χ4v) is 14.5. The van der Waals surface area contributed by atoms with Crippen LogP contribution in [0.5, 0.6) is 23.0 Å². The molecule has 0 bridgehead atoms. The Morgan fingerprint density at radius 3 is 0.948 bits per heavy atom. The molecule has 18 nitrogen and oxygen atoms in total. The summed E-state index contributed by atoms with van der Waals surface area (Å²) in [5, 5.41) is 0. The molecular formula is C97H136N14O4. The number of benzene rings is 6. The molecule has 4 aromatic heterocycles. The first kappa shape index (κ1) is 91.3. The molecule has 1 atom stereocenters. The van der Waals surface area contributed by atoms with E-state index in [1.165, 1.54) is 88.1 Å². The molecule has 6 aromatic carbocycles. The monoisotopic (exact) mass is 1560 g/mol. The van der Waals surface area contributed by atoms with Gasteiger partial charge in [0, 0.05) is 275 Å². The largest absolute Gasteiger partial charge is 0.488 e. The van der Waals surface area contributed by atoms with Crippen LogP contribution in [0.15, 0.2) is 189 Å². The fourth-order valence-electron chi connectivity index (χ4n) is 14.5. The van der Waals surface area contributed by atoms with Gasteiger partial charge in [-0.3, -0.25) is 0 Å². The van der Waals surface area contributed by atoms with Gasteiger partial charge in [-0.15, -0.1) is 0 Å². The number of fused-ring (bicyclic) bond motifs is 9. The predicted octanol–water partition coefficient (Wildman–Crippen LogP) is 15.2. The van der Waals surface area contributed by atoms with Gasteiger partial charge in [-0.05, 0) is 133 Å². The second-order valence-corrected chi connectivity index (χ2v) is 31.9. The molecule has 0 amide bonds. The zero-order chi connectivity index (χ0) is 79.2. The molecule has 5 aliphatic rings. The normalized spacial score (nSPS) is 13.6. The highest BCUT2D eigenvalue weighted by Gasteiger charge is 2.27. The number of aromatic nitrogens is 4. The lowest BCUT2D eigenvalue weighted by atomic mass is 9.91. The maximum Gasteiger partial charge on any atom is 0.192 e. The Balaban J connectivity index is 0.000000197. The first-order chi connectivity index (χ1) is 53.2. The Hall–Kier alpha value is -10.9. The number of anilines is 10. The number of nitrogens with zero attached hydrogens (tertiary/aromatic N) is 14. The standard InChI is InChI=1S/C21H28N2.2C18H26N4.2C18H22N2O2.4CH3/c1-22(2)20-7-5-6-18(14-20)16-8-9-17-12-13-21(23(3)4)15-19(17)11-10-16;1-19(2)15-5-9-21-12-8-18-14-16(20(3)4)6-10-22(18)11-7-17(21)13-15;1-19(2)16-8-11-21-10-7-15-5-6-18(20(3)4)14-22(15)12-9-17(21)13-16;1-19(2)15-7-5-13-11-22-18-10-16(20(3)4)8-6-14(18)12-21-17(13)9-15;1-19(2)15-7-8-17-14(9-15)12-22-18-10-16(20(3)4)6-5-13(18)11-21-17;;;;/h5-7,12-16H,8-11H2,1-4H3;5-6,9-10,13-14H,7-8,11-12H2,1-4H3;5-6,8,11,13-14H,7,9-10,12H2,1-4H3;2*5-10H,11-12H2,1-4H3;4*1H3/q;2*+2;;;4*-1/t16-;;;;;;;;/m0......../s1. The summed E-state index contributed by atoms with van der Waals surface area (Å²) < 4.78 is 33.7. The van der Waals surface area contributed by atoms with Crippen LogP contribution in [0, 0.1) is 29.7 Å². The van der Waals surface area contributed by atoms with Gasteiger partial charge >= 0.3 is 0 Å². The zero-order valence-corrected chi connectivity index (χ0v) is 74.2. The van der Waals surface area contributed by atoms with E-state index in [4.69, 9.17) is 18.9 Å².